The van der Waals surface area contributed by atoms with Crippen molar-refractivity contribution < 1.29 is 9.59 Å². The third kappa shape index (κ3) is 2.45. The summed E-state index contributed by atoms with van der Waals surface area (Å²) in [6.45, 7) is 8.86. The van der Waals surface area contributed by atoms with Gasteiger partial charge in [-0.2, -0.15) is 0 Å². The van der Waals surface area contributed by atoms with E-state index in [2.05, 4.69) is 50.1 Å². The molecule has 2 amide bonds. The van der Waals surface area contributed by atoms with Gasteiger partial charge in [0, 0.05) is 30.0 Å². The van der Waals surface area contributed by atoms with Crippen molar-refractivity contribution in [3.05, 3.63) is 17.5 Å². The molecule has 0 aromatic carbocycles. The van der Waals surface area contributed by atoms with Crippen LogP contribution in [0, 0.1) is 0 Å². The van der Waals surface area contributed by atoms with E-state index in [4.69, 9.17) is 0 Å². The molecule has 0 radical (unpaired) electrons. The number of likely N-dealkylation sites (tertiary alicyclic amines) is 1. The summed E-state index contributed by atoms with van der Waals surface area (Å²) >= 11 is 1.75. The first-order valence-electron chi connectivity index (χ1n) is 7.91. The average Bonchev–Trinajstić information content (AvgIpc) is 2.97. The van der Waals surface area contributed by atoms with E-state index in [1.807, 2.05) is 0 Å². The van der Waals surface area contributed by atoms with Gasteiger partial charge in [-0.3, -0.25) is 14.5 Å². The Morgan fingerprint density at radius 2 is 1.59 bits per heavy atom. The minimum Gasteiger partial charge on any atom is -0.353 e. The molecule has 22 heavy (non-hydrogen) atoms. The van der Waals surface area contributed by atoms with Crippen molar-refractivity contribution in [3.8, 4) is 0 Å². The Balaban J connectivity index is 1.93. The molecule has 120 valence electrons. The van der Waals surface area contributed by atoms with Crippen LogP contribution in [-0.4, -0.2) is 33.8 Å². The minimum atomic E-state index is -0.0968. The molecule has 0 aliphatic carbocycles. The van der Waals surface area contributed by atoms with Crippen molar-refractivity contribution >= 4 is 28.2 Å². The molecule has 0 bridgehead atoms. The topological polar surface area (TPSA) is 40.6 Å². The predicted octanol–water partition coefficient (Wildman–Crippen LogP) is 3.42. The molecule has 5 heteroatoms. The third-order valence-electron chi connectivity index (χ3n) is 4.86. The normalized spacial score (nSPS) is 25.1. The first kappa shape index (κ1) is 15.5. The van der Waals surface area contributed by atoms with Gasteiger partial charge in [-0.15, -0.1) is 11.3 Å². The largest absolute Gasteiger partial charge is 0.353 e. The summed E-state index contributed by atoms with van der Waals surface area (Å²) in [5.41, 5.74) is -0.194. The van der Waals surface area contributed by atoms with Gasteiger partial charge in [-0.05, 0) is 58.0 Å². The summed E-state index contributed by atoms with van der Waals surface area (Å²) in [4.78, 5) is 28.2. The Morgan fingerprint density at radius 1 is 1.05 bits per heavy atom. The number of hydrogen-bond donors (Lipinski definition) is 0. The molecule has 2 saturated heterocycles. The maximum atomic E-state index is 12.1. The van der Waals surface area contributed by atoms with Crippen LogP contribution in [0.3, 0.4) is 0 Å². The van der Waals surface area contributed by atoms with Crippen molar-refractivity contribution in [2.75, 3.05) is 4.90 Å². The van der Waals surface area contributed by atoms with Gasteiger partial charge in [0.2, 0.25) is 11.8 Å². The van der Waals surface area contributed by atoms with Gasteiger partial charge < -0.3 is 4.90 Å². The molecule has 0 spiro atoms. The van der Waals surface area contributed by atoms with Crippen molar-refractivity contribution in [2.45, 2.75) is 70.5 Å². The number of carbonyl (C=O) groups is 2. The fourth-order valence-electron chi connectivity index (χ4n) is 4.40. The number of piperidine rings is 1. The molecule has 2 aliphatic rings. The summed E-state index contributed by atoms with van der Waals surface area (Å²) in [5.74, 6) is 0.0114. The van der Waals surface area contributed by atoms with Gasteiger partial charge in [0.05, 0.1) is 5.00 Å². The molecule has 2 aliphatic heterocycles. The first-order chi connectivity index (χ1) is 10.2. The maximum Gasteiger partial charge on any atom is 0.229 e. The van der Waals surface area contributed by atoms with Crippen molar-refractivity contribution in [3.63, 3.8) is 0 Å². The lowest BCUT2D eigenvalue weighted by atomic mass is 9.76. The second kappa shape index (κ2) is 5.08. The SMILES string of the molecule is CC1(C)CC(N2C(=O)CCC2=O)CC(C)(C)N1c1cccs1. The van der Waals surface area contributed by atoms with Crippen LogP contribution < -0.4 is 4.90 Å². The highest BCUT2D eigenvalue weighted by Crippen LogP contribution is 2.45. The summed E-state index contributed by atoms with van der Waals surface area (Å²) in [6.07, 6.45) is 2.41. The van der Waals surface area contributed by atoms with Gasteiger partial charge in [0.1, 0.15) is 0 Å². The average molecular weight is 320 g/mol. The van der Waals surface area contributed by atoms with E-state index in [-0.39, 0.29) is 28.9 Å². The van der Waals surface area contributed by atoms with Crippen LogP contribution in [0.5, 0.6) is 0 Å². The molecule has 3 heterocycles. The molecular weight excluding hydrogens is 296 g/mol. The van der Waals surface area contributed by atoms with E-state index < -0.39 is 0 Å². The number of nitrogens with zero attached hydrogens (tertiary/aromatic N) is 2. The van der Waals surface area contributed by atoms with E-state index in [1.165, 1.54) is 5.00 Å². The fourth-order valence-corrected chi connectivity index (χ4v) is 5.46. The molecule has 2 fully saturated rings. The smallest absolute Gasteiger partial charge is 0.229 e. The van der Waals surface area contributed by atoms with Gasteiger partial charge in [0.15, 0.2) is 0 Å². The zero-order valence-electron chi connectivity index (χ0n) is 13.8. The molecule has 4 nitrogen and oxygen atoms in total. The number of anilines is 1. The summed E-state index contributed by atoms with van der Waals surface area (Å²) in [7, 11) is 0. The predicted molar refractivity (Wildman–Crippen MR) is 89.1 cm³/mol. The highest BCUT2D eigenvalue weighted by atomic mass is 32.1. The van der Waals surface area contributed by atoms with E-state index in [0.29, 0.717) is 12.8 Å². The zero-order valence-corrected chi connectivity index (χ0v) is 14.6. The van der Waals surface area contributed by atoms with Crippen molar-refractivity contribution in [1.29, 1.82) is 0 Å². The van der Waals surface area contributed by atoms with Crippen LogP contribution in [0.1, 0.15) is 53.4 Å². The molecule has 0 atom stereocenters. The second-order valence-corrected chi connectivity index (χ2v) is 8.56. The highest BCUT2D eigenvalue weighted by molar-refractivity contribution is 7.14. The highest BCUT2D eigenvalue weighted by Gasteiger charge is 2.49. The summed E-state index contributed by atoms with van der Waals surface area (Å²) in [5, 5.41) is 3.36. The van der Waals surface area contributed by atoms with Crippen molar-refractivity contribution in [1.82, 2.24) is 4.90 Å². The quantitative estimate of drug-likeness (QED) is 0.784. The number of amides is 2. The number of imide groups is 1. The van der Waals surface area contributed by atoms with Gasteiger partial charge in [0.25, 0.3) is 0 Å². The molecule has 1 aromatic rings. The lowest BCUT2D eigenvalue weighted by Gasteiger charge is -2.57. The second-order valence-electron chi connectivity index (χ2n) is 7.63. The van der Waals surface area contributed by atoms with E-state index >= 15 is 0 Å². The van der Waals surface area contributed by atoms with Gasteiger partial charge in [-0.1, -0.05) is 0 Å². The van der Waals surface area contributed by atoms with Gasteiger partial charge >= 0.3 is 0 Å². The fraction of sp³-hybridized carbons (Fsp3) is 0.647. The van der Waals surface area contributed by atoms with Crippen LogP contribution in [0.15, 0.2) is 17.5 Å². The van der Waals surface area contributed by atoms with Crippen LogP contribution in [0.4, 0.5) is 5.00 Å². The third-order valence-corrected chi connectivity index (χ3v) is 5.72. The Labute approximate surface area is 136 Å². The summed E-state index contributed by atoms with van der Waals surface area (Å²) in [6, 6.07) is 4.25. The molecule has 0 unspecified atom stereocenters. The first-order valence-corrected chi connectivity index (χ1v) is 8.79. The van der Waals surface area contributed by atoms with Crippen LogP contribution in [0.2, 0.25) is 0 Å². The summed E-state index contributed by atoms with van der Waals surface area (Å²) < 4.78 is 0. The van der Waals surface area contributed by atoms with Crippen LogP contribution in [-0.2, 0) is 9.59 Å². The standard InChI is InChI=1S/C17H24N2O2S/c1-16(2)10-12(18-13(20)7-8-14(18)21)11-17(3,4)19(16)15-6-5-9-22-15/h5-6,9,12H,7-8,10-11H2,1-4H3. The van der Waals surface area contributed by atoms with Crippen LogP contribution in [0.25, 0.3) is 0 Å². The Morgan fingerprint density at radius 3 is 2.05 bits per heavy atom. The van der Waals surface area contributed by atoms with E-state index in [1.54, 1.807) is 16.2 Å². The number of carbonyl (C=O) groups excluding carboxylic acids is 2. The Hall–Kier alpha value is -1.36. The molecule has 1 aromatic heterocycles. The van der Waals surface area contributed by atoms with E-state index in [0.717, 1.165) is 12.8 Å². The van der Waals surface area contributed by atoms with Crippen molar-refractivity contribution in [2.24, 2.45) is 0 Å². The molecule has 0 saturated carbocycles. The minimum absolute atomic E-state index is 0.00572. The number of rotatable bonds is 2. The lowest BCUT2D eigenvalue weighted by Crippen LogP contribution is -2.65. The number of hydrogen-bond acceptors (Lipinski definition) is 4. The molecular formula is C17H24N2O2S. The van der Waals surface area contributed by atoms with Gasteiger partial charge in [-0.25, -0.2) is 0 Å². The van der Waals surface area contributed by atoms with Crippen LogP contribution >= 0.6 is 11.3 Å². The van der Waals surface area contributed by atoms with E-state index in [9.17, 15) is 9.59 Å². The lowest BCUT2D eigenvalue weighted by molar-refractivity contribution is -0.142. The Bertz CT molecular complexity index is 558. The Kier molecular flexibility index (Phi) is 3.59. The zero-order chi connectivity index (χ0) is 16.1. The molecule has 0 N–H and O–H groups in total. The monoisotopic (exact) mass is 320 g/mol. The molecule has 3 rings (SSSR count). The maximum absolute atomic E-state index is 12.1. The number of thiophene rings is 1.